The molecule has 0 spiro atoms. The molecule has 1 aromatic carbocycles. The van der Waals surface area contributed by atoms with Gasteiger partial charge in [0.2, 0.25) is 6.79 Å². The van der Waals surface area contributed by atoms with Crippen molar-refractivity contribution in [2.75, 3.05) is 13.3 Å². The number of nitrogens with two attached hydrogens (primary N) is 1. The van der Waals surface area contributed by atoms with E-state index in [0.717, 1.165) is 17.9 Å². The third kappa shape index (κ3) is 1.41. The minimum absolute atomic E-state index is 0.320. The van der Waals surface area contributed by atoms with Crippen LogP contribution in [0.15, 0.2) is 12.1 Å². The van der Waals surface area contributed by atoms with Crippen LogP contribution in [0.2, 0.25) is 0 Å². The maximum atomic E-state index is 5.65. The van der Waals surface area contributed by atoms with Gasteiger partial charge in [-0.15, -0.1) is 0 Å². The Balaban J connectivity index is 2.28. The predicted molar refractivity (Wildman–Crippen MR) is 66.5 cm³/mol. The minimum atomic E-state index is 0.320. The second-order valence-electron chi connectivity index (χ2n) is 4.39. The highest BCUT2D eigenvalue weighted by Crippen LogP contribution is 2.38. The number of nitrogens with zero attached hydrogens (tertiary/aromatic N) is 1. The lowest BCUT2D eigenvalue weighted by Gasteiger charge is -2.03. The molecule has 0 radical (unpaired) electrons. The maximum absolute atomic E-state index is 5.65. The van der Waals surface area contributed by atoms with Gasteiger partial charge in [0, 0.05) is 30.6 Å². The number of fused-ring (bicyclic) bond motifs is 2. The van der Waals surface area contributed by atoms with E-state index >= 15 is 0 Å². The van der Waals surface area contributed by atoms with Gasteiger partial charge in [0.25, 0.3) is 0 Å². The van der Waals surface area contributed by atoms with E-state index in [1.165, 1.54) is 22.2 Å². The monoisotopic (exact) mass is 232 g/mol. The van der Waals surface area contributed by atoms with Crippen LogP contribution in [-0.4, -0.2) is 17.9 Å². The number of benzene rings is 1. The van der Waals surface area contributed by atoms with Gasteiger partial charge in [0.15, 0.2) is 11.5 Å². The fourth-order valence-electron chi connectivity index (χ4n) is 2.55. The highest BCUT2D eigenvalue weighted by atomic mass is 16.7. The number of hydrogen-bond acceptors (Lipinski definition) is 3. The molecule has 2 aromatic rings. The second-order valence-corrected chi connectivity index (χ2v) is 4.39. The van der Waals surface area contributed by atoms with E-state index in [2.05, 4.69) is 24.6 Å². The van der Waals surface area contributed by atoms with Gasteiger partial charge in [-0.2, -0.15) is 0 Å². The summed E-state index contributed by atoms with van der Waals surface area (Å²) >= 11 is 0. The first kappa shape index (κ1) is 10.5. The van der Waals surface area contributed by atoms with Crippen LogP contribution < -0.4 is 15.2 Å². The molecule has 3 rings (SSSR count). The molecule has 4 heteroatoms. The second kappa shape index (κ2) is 3.67. The lowest BCUT2D eigenvalue weighted by Crippen LogP contribution is -2.07. The van der Waals surface area contributed by atoms with E-state index in [4.69, 9.17) is 15.2 Å². The number of ether oxygens (including phenoxy) is 2. The average molecular weight is 232 g/mol. The van der Waals surface area contributed by atoms with Gasteiger partial charge in [-0.3, -0.25) is 0 Å². The quantitative estimate of drug-likeness (QED) is 0.857. The van der Waals surface area contributed by atoms with Crippen LogP contribution in [0.1, 0.15) is 11.3 Å². The number of hydrogen-bond donors (Lipinski definition) is 1. The standard InChI is InChI=1S/C13H16N2O2/c1-8-9-5-12-13(17-7-16-12)6-11(9)15(2)10(8)3-4-14/h5-6H,3-4,7,14H2,1-2H3. The summed E-state index contributed by atoms with van der Waals surface area (Å²) in [5.41, 5.74) is 9.40. The summed E-state index contributed by atoms with van der Waals surface area (Å²) in [6, 6.07) is 4.11. The molecule has 0 fully saturated rings. The molecule has 0 saturated heterocycles. The number of rotatable bonds is 2. The van der Waals surface area contributed by atoms with Crippen molar-refractivity contribution in [3.05, 3.63) is 23.4 Å². The third-order valence-electron chi connectivity index (χ3n) is 3.48. The summed E-state index contributed by atoms with van der Waals surface area (Å²) in [6.45, 7) is 3.12. The Morgan fingerprint density at radius 3 is 2.71 bits per heavy atom. The molecule has 0 aliphatic carbocycles. The van der Waals surface area contributed by atoms with Crippen molar-refractivity contribution >= 4 is 10.9 Å². The molecular formula is C13H16N2O2. The summed E-state index contributed by atoms with van der Waals surface area (Å²) in [5, 5.41) is 1.22. The van der Waals surface area contributed by atoms with Gasteiger partial charge in [-0.1, -0.05) is 0 Å². The largest absolute Gasteiger partial charge is 0.454 e. The van der Waals surface area contributed by atoms with Gasteiger partial charge in [0.1, 0.15) is 0 Å². The van der Waals surface area contributed by atoms with Gasteiger partial charge >= 0.3 is 0 Å². The zero-order chi connectivity index (χ0) is 12.0. The average Bonchev–Trinajstić information content (AvgIpc) is 2.87. The topological polar surface area (TPSA) is 49.4 Å². The van der Waals surface area contributed by atoms with Crippen molar-refractivity contribution in [2.45, 2.75) is 13.3 Å². The fraction of sp³-hybridized carbons (Fsp3) is 0.385. The van der Waals surface area contributed by atoms with Crippen molar-refractivity contribution in [1.82, 2.24) is 4.57 Å². The number of aryl methyl sites for hydroxylation is 2. The van der Waals surface area contributed by atoms with Gasteiger partial charge in [-0.25, -0.2) is 0 Å². The van der Waals surface area contributed by atoms with Crippen LogP contribution >= 0.6 is 0 Å². The zero-order valence-electron chi connectivity index (χ0n) is 10.1. The first-order valence-corrected chi connectivity index (χ1v) is 5.80. The molecule has 2 N–H and O–H groups in total. The van der Waals surface area contributed by atoms with E-state index in [1.54, 1.807) is 0 Å². The van der Waals surface area contributed by atoms with Crippen molar-refractivity contribution in [1.29, 1.82) is 0 Å². The molecule has 1 aliphatic heterocycles. The van der Waals surface area contributed by atoms with Gasteiger partial charge in [0.05, 0.1) is 5.52 Å². The smallest absolute Gasteiger partial charge is 0.231 e. The highest BCUT2D eigenvalue weighted by Gasteiger charge is 2.18. The molecule has 0 saturated carbocycles. The molecule has 0 atom stereocenters. The van der Waals surface area contributed by atoms with E-state index in [0.29, 0.717) is 13.3 Å². The van der Waals surface area contributed by atoms with E-state index < -0.39 is 0 Å². The third-order valence-corrected chi connectivity index (χ3v) is 3.48. The summed E-state index contributed by atoms with van der Waals surface area (Å²) in [4.78, 5) is 0. The van der Waals surface area contributed by atoms with Crippen molar-refractivity contribution < 1.29 is 9.47 Å². The Kier molecular flexibility index (Phi) is 2.26. The Hall–Kier alpha value is -1.68. The predicted octanol–water partition coefficient (Wildman–Crippen LogP) is 1.72. The number of aromatic nitrogens is 1. The van der Waals surface area contributed by atoms with Crippen LogP contribution in [-0.2, 0) is 13.5 Å². The summed E-state index contributed by atoms with van der Waals surface area (Å²) < 4.78 is 13.0. The van der Waals surface area contributed by atoms with Crippen LogP contribution in [0.4, 0.5) is 0 Å². The Bertz CT molecular complexity index is 540. The lowest BCUT2D eigenvalue weighted by atomic mass is 10.1. The Morgan fingerprint density at radius 2 is 2.00 bits per heavy atom. The summed E-state index contributed by atoms with van der Waals surface area (Å²) in [5.74, 6) is 1.67. The van der Waals surface area contributed by atoms with Crippen LogP contribution in [0.5, 0.6) is 11.5 Å². The van der Waals surface area contributed by atoms with Crippen molar-refractivity contribution in [2.24, 2.45) is 12.8 Å². The zero-order valence-corrected chi connectivity index (χ0v) is 10.1. The normalized spacial score (nSPS) is 13.6. The molecule has 1 aliphatic rings. The first-order chi connectivity index (χ1) is 8.22. The van der Waals surface area contributed by atoms with E-state index in [1.807, 2.05) is 6.07 Å². The van der Waals surface area contributed by atoms with Crippen molar-refractivity contribution in [3.63, 3.8) is 0 Å². The van der Waals surface area contributed by atoms with Gasteiger partial charge in [-0.05, 0) is 25.1 Å². The molecular weight excluding hydrogens is 216 g/mol. The molecule has 90 valence electrons. The Morgan fingerprint density at radius 1 is 1.29 bits per heavy atom. The Labute approximate surface area is 99.9 Å². The maximum Gasteiger partial charge on any atom is 0.231 e. The molecule has 1 aromatic heterocycles. The van der Waals surface area contributed by atoms with Crippen LogP contribution in [0, 0.1) is 6.92 Å². The van der Waals surface area contributed by atoms with Crippen LogP contribution in [0.3, 0.4) is 0 Å². The first-order valence-electron chi connectivity index (χ1n) is 5.80. The summed E-state index contributed by atoms with van der Waals surface area (Å²) in [6.07, 6.45) is 0.892. The van der Waals surface area contributed by atoms with E-state index in [-0.39, 0.29) is 0 Å². The van der Waals surface area contributed by atoms with Crippen molar-refractivity contribution in [3.8, 4) is 11.5 Å². The molecule has 0 amide bonds. The molecule has 4 nitrogen and oxygen atoms in total. The highest BCUT2D eigenvalue weighted by molar-refractivity contribution is 5.88. The van der Waals surface area contributed by atoms with Crippen LogP contribution in [0.25, 0.3) is 10.9 Å². The molecule has 0 bridgehead atoms. The molecule has 17 heavy (non-hydrogen) atoms. The minimum Gasteiger partial charge on any atom is -0.454 e. The molecule has 2 heterocycles. The summed E-state index contributed by atoms with van der Waals surface area (Å²) in [7, 11) is 2.07. The van der Waals surface area contributed by atoms with Gasteiger partial charge < -0.3 is 19.8 Å². The SMILES string of the molecule is Cc1c(CCN)n(C)c2cc3c(cc12)OCO3. The fourth-order valence-corrected chi connectivity index (χ4v) is 2.55. The molecule has 0 unspecified atom stereocenters. The lowest BCUT2D eigenvalue weighted by molar-refractivity contribution is 0.174. The van der Waals surface area contributed by atoms with E-state index in [9.17, 15) is 0 Å².